The van der Waals surface area contributed by atoms with E-state index in [1.54, 1.807) is 20.8 Å². The maximum absolute atomic E-state index is 12.7. The average Bonchev–Trinajstić information content (AvgIpc) is 2.76. The van der Waals surface area contributed by atoms with E-state index >= 15 is 0 Å². The van der Waals surface area contributed by atoms with Crippen molar-refractivity contribution in [2.24, 2.45) is 5.92 Å². The average molecular weight is 370 g/mol. The van der Waals surface area contributed by atoms with Gasteiger partial charge in [-0.25, -0.2) is 9.36 Å². The molecule has 1 unspecified atom stereocenters. The van der Waals surface area contributed by atoms with Crippen molar-refractivity contribution in [2.45, 2.75) is 44.8 Å². The summed E-state index contributed by atoms with van der Waals surface area (Å²) in [6, 6.07) is 3.51. The Morgan fingerprint density at radius 1 is 1.60 bits per heavy atom. The van der Waals surface area contributed by atoms with Crippen molar-refractivity contribution in [3.63, 3.8) is 0 Å². The molecule has 10 nitrogen and oxygen atoms in total. The minimum Gasteiger partial charge on any atom is -0.383 e. The van der Waals surface area contributed by atoms with Crippen LogP contribution in [-0.4, -0.2) is 34.0 Å². The Labute approximate surface area is 144 Å². The summed E-state index contributed by atoms with van der Waals surface area (Å²) in [5, 5.41) is 9.66. The van der Waals surface area contributed by atoms with Crippen LogP contribution in [0, 0.1) is 17.2 Å². The Morgan fingerprint density at radius 2 is 2.32 bits per heavy atom. The van der Waals surface area contributed by atoms with Crippen molar-refractivity contribution in [1.29, 1.82) is 5.26 Å². The van der Waals surface area contributed by atoms with E-state index in [9.17, 15) is 14.6 Å². The van der Waals surface area contributed by atoms with E-state index in [0.717, 1.165) is 4.57 Å². The zero-order chi connectivity index (χ0) is 18.4. The van der Waals surface area contributed by atoms with Gasteiger partial charge in [-0.2, -0.15) is 10.2 Å². The fourth-order valence-electron chi connectivity index (χ4n) is 2.96. The van der Waals surface area contributed by atoms with Gasteiger partial charge in [-0.3, -0.25) is 18.1 Å². The number of phosphoric acid groups is 1. The number of fused-ring (bicyclic) bond motifs is 1. The van der Waals surface area contributed by atoms with Crippen molar-refractivity contribution >= 4 is 13.6 Å². The summed E-state index contributed by atoms with van der Waals surface area (Å²) in [7, 11) is -3.85. The minimum absolute atomic E-state index is 0.0609. The molecule has 5 atom stereocenters. The molecule has 0 amide bonds. The number of nitrogens with zero attached hydrogens (tertiary/aromatic N) is 3. The van der Waals surface area contributed by atoms with Crippen molar-refractivity contribution in [3.8, 4) is 6.07 Å². The first kappa shape index (κ1) is 18.0. The molecule has 0 saturated carbocycles. The summed E-state index contributed by atoms with van der Waals surface area (Å²) in [5.74, 6) is -0.876. The van der Waals surface area contributed by atoms with Gasteiger partial charge in [-0.05, 0) is 26.8 Å². The second-order valence-corrected chi connectivity index (χ2v) is 7.88. The van der Waals surface area contributed by atoms with Crippen LogP contribution in [0.3, 0.4) is 0 Å². The van der Waals surface area contributed by atoms with E-state index in [2.05, 4.69) is 11.1 Å². The number of aromatic nitrogens is 2. The molecular formula is C14H19N4O6P. The Bertz CT molecular complexity index is 820. The molecule has 0 bridgehead atoms. The van der Waals surface area contributed by atoms with Gasteiger partial charge >= 0.3 is 13.5 Å². The molecule has 2 fully saturated rings. The molecule has 25 heavy (non-hydrogen) atoms. The van der Waals surface area contributed by atoms with Gasteiger partial charge in [0.2, 0.25) is 0 Å². The fraction of sp³-hybridized carbons (Fsp3) is 0.643. The molecule has 0 aromatic carbocycles. The molecule has 1 aromatic heterocycles. The van der Waals surface area contributed by atoms with Crippen molar-refractivity contribution in [3.05, 3.63) is 22.7 Å². The lowest BCUT2D eigenvalue weighted by molar-refractivity contribution is -0.110. The molecule has 3 heterocycles. The topological polar surface area (TPSA) is 139 Å². The molecule has 2 N–H and O–H groups in total. The highest BCUT2D eigenvalue weighted by Crippen LogP contribution is 2.62. The Hall–Kier alpha value is -1.76. The molecule has 3 rings (SSSR count). The molecule has 2 aliphatic heterocycles. The van der Waals surface area contributed by atoms with Gasteiger partial charge in [0.15, 0.2) is 6.23 Å². The normalized spacial score (nSPS) is 37.6. The third-order valence-corrected chi connectivity index (χ3v) is 5.91. The second-order valence-electron chi connectivity index (χ2n) is 6.34. The number of hydrogen-bond donors (Lipinski definition) is 1. The third kappa shape index (κ3) is 3.10. The molecule has 0 aliphatic carbocycles. The summed E-state index contributed by atoms with van der Waals surface area (Å²) in [6.07, 6.45) is -0.682. The van der Waals surface area contributed by atoms with Crippen molar-refractivity contribution in [1.82, 2.24) is 9.55 Å². The van der Waals surface area contributed by atoms with Gasteiger partial charge in [0.25, 0.3) is 0 Å². The molecule has 11 heteroatoms. The van der Waals surface area contributed by atoms with E-state index in [0.29, 0.717) is 0 Å². The molecule has 0 radical (unpaired) electrons. The van der Waals surface area contributed by atoms with Crippen LogP contribution in [0.5, 0.6) is 0 Å². The van der Waals surface area contributed by atoms with Crippen LogP contribution in [0.2, 0.25) is 0 Å². The predicted octanol–water partition coefficient (Wildman–Crippen LogP) is 1.20. The number of hydrogen-bond acceptors (Lipinski definition) is 9. The molecule has 2 aliphatic rings. The number of nitrogen functional groups attached to an aromatic ring is 1. The van der Waals surface area contributed by atoms with Crippen LogP contribution in [0.1, 0.15) is 27.0 Å². The summed E-state index contributed by atoms with van der Waals surface area (Å²) in [5.41, 5.74) is 3.56. The standard InChI is InChI=1S/C14H19N4O6P/c1-8(2)23-25(20)21-7-10-14(3,24-25)9(6-15)12(22-10)18-5-4-11(16)17-13(18)19/h4-5,8-10,12H,7H2,1-3H3,(H2,16,17,19)/t9-,10+,12-,14-,25?/m0/s1. The van der Waals surface area contributed by atoms with Crippen LogP contribution in [0.15, 0.2) is 17.1 Å². The Kier molecular flexibility index (Phi) is 4.47. The first-order valence-electron chi connectivity index (χ1n) is 7.72. The lowest BCUT2D eigenvalue weighted by Crippen LogP contribution is -2.48. The fourth-order valence-corrected chi connectivity index (χ4v) is 4.66. The number of ether oxygens (including phenoxy) is 1. The van der Waals surface area contributed by atoms with Crippen LogP contribution >= 0.6 is 7.82 Å². The van der Waals surface area contributed by atoms with E-state index in [4.69, 9.17) is 24.0 Å². The van der Waals surface area contributed by atoms with Gasteiger partial charge in [0.1, 0.15) is 23.4 Å². The van der Waals surface area contributed by atoms with Crippen LogP contribution in [0.4, 0.5) is 5.82 Å². The van der Waals surface area contributed by atoms with Gasteiger partial charge in [-0.1, -0.05) is 0 Å². The number of nitrogens with two attached hydrogens (primary N) is 1. The first-order valence-corrected chi connectivity index (χ1v) is 9.18. The smallest absolute Gasteiger partial charge is 0.383 e. The van der Waals surface area contributed by atoms with E-state index < -0.39 is 43.5 Å². The summed E-state index contributed by atoms with van der Waals surface area (Å²) in [6.45, 7) is 4.89. The second kappa shape index (κ2) is 6.20. The van der Waals surface area contributed by atoms with Gasteiger partial charge in [-0.15, -0.1) is 0 Å². The monoisotopic (exact) mass is 370 g/mol. The quantitative estimate of drug-likeness (QED) is 0.777. The number of phosphoric ester groups is 1. The molecular weight excluding hydrogens is 351 g/mol. The van der Waals surface area contributed by atoms with E-state index in [1.165, 1.54) is 12.3 Å². The predicted molar refractivity (Wildman–Crippen MR) is 85.2 cm³/mol. The van der Waals surface area contributed by atoms with Crippen molar-refractivity contribution in [2.75, 3.05) is 12.3 Å². The first-order chi connectivity index (χ1) is 11.7. The maximum Gasteiger partial charge on any atom is 0.475 e. The molecule has 136 valence electrons. The molecule has 0 spiro atoms. The SMILES string of the molecule is CC(C)OP1(=O)OC[C@H]2O[C@H](n3ccc(N)nc3=O)[C@H](C#N)[C@]2(C)O1. The summed E-state index contributed by atoms with van der Waals surface area (Å²) in [4.78, 5) is 15.7. The van der Waals surface area contributed by atoms with Gasteiger partial charge < -0.3 is 10.5 Å². The highest BCUT2D eigenvalue weighted by molar-refractivity contribution is 7.48. The third-order valence-electron chi connectivity index (χ3n) is 4.14. The highest BCUT2D eigenvalue weighted by Gasteiger charge is 2.62. The van der Waals surface area contributed by atoms with Crippen LogP contribution in [0.25, 0.3) is 0 Å². The minimum atomic E-state index is -3.85. The summed E-state index contributed by atoms with van der Waals surface area (Å²) >= 11 is 0. The Morgan fingerprint density at radius 3 is 2.92 bits per heavy atom. The van der Waals surface area contributed by atoms with E-state index in [1.807, 2.05) is 0 Å². The lowest BCUT2D eigenvalue weighted by Gasteiger charge is -2.39. The zero-order valence-corrected chi connectivity index (χ0v) is 14.9. The van der Waals surface area contributed by atoms with Crippen LogP contribution in [-0.2, 0) is 22.9 Å². The lowest BCUT2D eigenvalue weighted by atomic mass is 9.87. The van der Waals surface area contributed by atoms with Gasteiger partial charge in [0, 0.05) is 6.20 Å². The number of nitriles is 1. The highest BCUT2D eigenvalue weighted by atomic mass is 31.2. The number of rotatable bonds is 3. The number of anilines is 1. The molecule has 1 aromatic rings. The largest absolute Gasteiger partial charge is 0.475 e. The van der Waals surface area contributed by atoms with Gasteiger partial charge in [0.05, 0.1) is 18.8 Å². The van der Waals surface area contributed by atoms with Crippen molar-refractivity contribution < 1.29 is 22.9 Å². The van der Waals surface area contributed by atoms with E-state index in [-0.39, 0.29) is 12.4 Å². The maximum atomic E-state index is 12.7. The van der Waals surface area contributed by atoms with Crippen LogP contribution < -0.4 is 11.4 Å². The molecule has 2 saturated heterocycles. The summed E-state index contributed by atoms with van der Waals surface area (Å²) < 4.78 is 35.8. The Balaban J connectivity index is 1.96. The zero-order valence-electron chi connectivity index (χ0n) is 14.0.